The Hall–Kier alpha value is -1.45. The van der Waals surface area contributed by atoms with Gasteiger partial charge < -0.3 is 28.1 Å². The van der Waals surface area contributed by atoms with E-state index in [1.807, 2.05) is 26.8 Å². The molecule has 0 radical (unpaired) electrons. The van der Waals surface area contributed by atoms with Crippen molar-refractivity contribution < 1.29 is 32.9 Å². The number of carbonyl (C=O) groups excluding carboxylic acids is 1. The summed E-state index contributed by atoms with van der Waals surface area (Å²) >= 11 is 0. The Morgan fingerprint density at radius 1 is 1.05 bits per heavy atom. The van der Waals surface area contributed by atoms with E-state index in [2.05, 4.69) is 59.0 Å². The Labute approximate surface area is 241 Å². The van der Waals surface area contributed by atoms with Crippen LogP contribution in [0, 0.1) is 11.3 Å². The zero-order valence-electron chi connectivity index (χ0n) is 26.4. The fourth-order valence-corrected chi connectivity index (χ4v) is 9.17. The van der Waals surface area contributed by atoms with E-state index >= 15 is 0 Å². The molecule has 0 aromatic heterocycles. The van der Waals surface area contributed by atoms with Crippen molar-refractivity contribution in [3.05, 3.63) is 35.5 Å². The highest BCUT2D eigenvalue weighted by Crippen LogP contribution is 2.67. The van der Waals surface area contributed by atoms with Gasteiger partial charge in [0.25, 0.3) is 0 Å². The van der Waals surface area contributed by atoms with Crippen LogP contribution in [0.2, 0.25) is 18.1 Å². The van der Waals surface area contributed by atoms with E-state index in [9.17, 15) is 4.79 Å². The van der Waals surface area contributed by atoms with Crippen LogP contribution < -0.4 is 0 Å². The molecule has 1 unspecified atom stereocenters. The lowest BCUT2D eigenvalue weighted by Gasteiger charge is -2.55. The summed E-state index contributed by atoms with van der Waals surface area (Å²) in [5.74, 6) is -0.969. The summed E-state index contributed by atoms with van der Waals surface area (Å²) in [5.41, 5.74) is 0.305. The Balaban J connectivity index is 1.51. The van der Waals surface area contributed by atoms with Crippen LogP contribution in [0.25, 0.3) is 0 Å². The molecule has 2 heterocycles. The molecule has 2 bridgehead atoms. The average Bonchev–Trinajstić information content (AvgIpc) is 3.32. The highest BCUT2D eigenvalue weighted by Gasteiger charge is 2.70. The minimum absolute atomic E-state index is 0.0102. The molecule has 8 heteroatoms. The van der Waals surface area contributed by atoms with Crippen LogP contribution in [-0.4, -0.2) is 63.5 Å². The average molecular weight is 575 g/mol. The van der Waals surface area contributed by atoms with Gasteiger partial charge in [0.15, 0.2) is 14.4 Å². The van der Waals surface area contributed by atoms with Crippen molar-refractivity contribution in [3.8, 4) is 0 Å². The fourth-order valence-electron chi connectivity index (χ4n) is 7.72. The van der Waals surface area contributed by atoms with E-state index in [1.54, 1.807) is 14.2 Å². The second kappa shape index (κ2) is 9.27. The van der Waals surface area contributed by atoms with Gasteiger partial charge in [-0.1, -0.05) is 33.8 Å². The number of methoxy groups -OCH3 is 2. The number of allylic oxidation sites excluding steroid dienone is 1. The summed E-state index contributed by atoms with van der Waals surface area (Å²) in [6.45, 7) is 19.5. The van der Waals surface area contributed by atoms with E-state index in [-0.39, 0.29) is 22.2 Å². The molecule has 6 atom stereocenters. The van der Waals surface area contributed by atoms with Gasteiger partial charge in [-0.2, -0.15) is 0 Å². The van der Waals surface area contributed by atoms with E-state index in [0.717, 1.165) is 37.7 Å². The Morgan fingerprint density at radius 2 is 1.73 bits per heavy atom. The molecule has 2 spiro atoms. The molecule has 5 rings (SSSR count). The summed E-state index contributed by atoms with van der Waals surface area (Å²) in [5, 5.41) is 0.167. The SMILES string of the molecule is COC1(OC)C2=CC3=CC[C@]4(C)[C@@H](O[Si](C)(C)C(C)(C)C)CC[C@H]4[C@@]34CC[C@]2(C=CC1OC(=O)OC(C)(C)C)O4. The highest BCUT2D eigenvalue weighted by atomic mass is 28.4. The van der Waals surface area contributed by atoms with Crippen LogP contribution in [0.3, 0.4) is 0 Å². The number of ether oxygens (including phenoxy) is 5. The molecule has 224 valence electrons. The van der Waals surface area contributed by atoms with Gasteiger partial charge in [-0.05, 0) is 94.8 Å². The summed E-state index contributed by atoms with van der Waals surface area (Å²) < 4.78 is 37.8. The predicted octanol–water partition coefficient (Wildman–Crippen LogP) is 7.23. The van der Waals surface area contributed by atoms with Crippen LogP contribution in [0.5, 0.6) is 0 Å². The normalized spacial score (nSPS) is 38.1. The van der Waals surface area contributed by atoms with Crippen LogP contribution >= 0.6 is 0 Å². The number of rotatable bonds is 5. The van der Waals surface area contributed by atoms with Gasteiger partial charge in [0, 0.05) is 31.1 Å². The standard InChI is InChI=1S/C32H50O7Si/c1-27(2,3)37-26(33)36-25-15-17-30-18-19-31(39-30)21(20-23(30)32(25,34-8)35-9)14-16-29(7)22(31)12-13-24(29)38-40(10,11)28(4,5)6/h14-15,17,20,22,24-25H,12-13,16,18-19H2,1-11H3/t22-,24+,25?,29+,30+,31-/m1/s1. The summed E-state index contributed by atoms with van der Waals surface area (Å²) in [7, 11) is 1.25. The molecule has 7 nitrogen and oxygen atoms in total. The molecule has 1 saturated heterocycles. The Bertz CT molecular complexity index is 1140. The summed E-state index contributed by atoms with van der Waals surface area (Å²) in [6, 6.07) is 0. The monoisotopic (exact) mass is 574 g/mol. The maximum atomic E-state index is 12.7. The fraction of sp³-hybridized carbons (Fsp3) is 0.781. The van der Waals surface area contributed by atoms with E-state index in [0.29, 0.717) is 5.92 Å². The van der Waals surface area contributed by atoms with Crippen molar-refractivity contribution >= 4 is 14.5 Å². The van der Waals surface area contributed by atoms with Crippen LogP contribution in [0.1, 0.15) is 80.6 Å². The third-order valence-electron chi connectivity index (χ3n) is 10.8. The molecule has 0 aromatic rings. The van der Waals surface area contributed by atoms with Crippen molar-refractivity contribution in [1.29, 1.82) is 0 Å². The first kappa shape index (κ1) is 30.0. The molecule has 5 aliphatic rings. The van der Waals surface area contributed by atoms with Crippen molar-refractivity contribution in [3.63, 3.8) is 0 Å². The van der Waals surface area contributed by atoms with E-state index in [1.165, 1.54) is 5.57 Å². The summed E-state index contributed by atoms with van der Waals surface area (Å²) in [6.07, 6.45) is 11.9. The third-order valence-corrected chi connectivity index (χ3v) is 15.3. The first-order chi connectivity index (χ1) is 18.4. The third kappa shape index (κ3) is 4.31. The number of carbonyl (C=O) groups is 1. The second-order valence-corrected chi connectivity index (χ2v) is 20.0. The molecule has 2 aliphatic heterocycles. The zero-order valence-corrected chi connectivity index (χ0v) is 27.4. The van der Waals surface area contributed by atoms with Gasteiger partial charge in [-0.25, -0.2) is 4.79 Å². The van der Waals surface area contributed by atoms with E-state index in [4.69, 9.17) is 28.1 Å². The molecule has 1 saturated carbocycles. The van der Waals surface area contributed by atoms with Gasteiger partial charge in [0.2, 0.25) is 5.79 Å². The largest absolute Gasteiger partial charge is 0.509 e. The lowest BCUT2D eigenvalue weighted by molar-refractivity contribution is -0.247. The van der Waals surface area contributed by atoms with Crippen molar-refractivity contribution in [2.45, 2.75) is 134 Å². The van der Waals surface area contributed by atoms with Gasteiger partial charge in [0.1, 0.15) is 11.2 Å². The Kier molecular flexibility index (Phi) is 6.96. The lowest BCUT2D eigenvalue weighted by atomic mass is 9.60. The van der Waals surface area contributed by atoms with Gasteiger partial charge in [-0.3, -0.25) is 0 Å². The molecule has 40 heavy (non-hydrogen) atoms. The smallest absolute Gasteiger partial charge is 0.429 e. The predicted molar refractivity (Wildman–Crippen MR) is 156 cm³/mol. The molecule has 0 N–H and O–H groups in total. The van der Waals surface area contributed by atoms with Crippen LogP contribution in [-0.2, 0) is 28.1 Å². The molecule has 3 aliphatic carbocycles. The summed E-state index contributed by atoms with van der Waals surface area (Å²) in [4.78, 5) is 12.7. The highest BCUT2D eigenvalue weighted by molar-refractivity contribution is 6.74. The first-order valence-corrected chi connectivity index (χ1v) is 17.8. The molecule has 0 aromatic carbocycles. The minimum atomic E-state index is -1.92. The quantitative estimate of drug-likeness (QED) is 0.148. The van der Waals surface area contributed by atoms with Gasteiger partial charge >= 0.3 is 6.16 Å². The van der Waals surface area contributed by atoms with E-state index < -0.39 is 37.6 Å². The van der Waals surface area contributed by atoms with Crippen molar-refractivity contribution in [1.82, 2.24) is 0 Å². The maximum Gasteiger partial charge on any atom is 0.509 e. The number of fused-ring (bicyclic) bond motifs is 1. The van der Waals surface area contributed by atoms with Crippen LogP contribution in [0.15, 0.2) is 35.5 Å². The zero-order chi connectivity index (χ0) is 29.6. The van der Waals surface area contributed by atoms with Crippen molar-refractivity contribution in [2.75, 3.05) is 14.2 Å². The number of hydrogen-bond donors (Lipinski definition) is 0. The molecular formula is C32H50O7Si. The molecule has 2 fully saturated rings. The van der Waals surface area contributed by atoms with Gasteiger partial charge in [-0.15, -0.1) is 0 Å². The van der Waals surface area contributed by atoms with Crippen LogP contribution in [0.4, 0.5) is 4.79 Å². The van der Waals surface area contributed by atoms with Crippen molar-refractivity contribution in [2.24, 2.45) is 11.3 Å². The minimum Gasteiger partial charge on any atom is -0.429 e. The Morgan fingerprint density at radius 3 is 2.33 bits per heavy atom. The molecule has 0 amide bonds. The maximum absolute atomic E-state index is 12.7. The number of hydrogen-bond acceptors (Lipinski definition) is 7. The molecular weight excluding hydrogens is 524 g/mol. The second-order valence-electron chi connectivity index (χ2n) is 15.2. The first-order valence-electron chi connectivity index (χ1n) is 14.9. The lowest BCUT2D eigenvalue weighted by Crippen LogP contribution is -2.61. The topological polar surface area (TPSA) is 72.5 Å². The van der Waals surface area contributed by atoms with Gasteiger partial charge in [0.05, 0.1) is 11.7 Å².